The molecule has 0 aliphatic carbocycles. The van der Waals surface area contributed by atoms with Gasteiger partial charge < -0.3 is 14.6 Å². The Hall–Kier alpha value is -2.40. The summed E-state index contributed by atoms with van der Waals surface area (Å²) in [6.45, 7) is 11.3. The van der Waals surface area contributed by atoms with E-state index in [4.69, 9.17) is 9.47 Å². The van der Waals surface area contributed by atoms with Crippen LogP contribution in [0, 0.1) is 12.8 Å². The van der Waals surface area contributed by atoms with Crippen molar-refractivity contribution in [2.45, 2.75) is 92.1 Å². The lowest BCUT2D eigenvalue weighted by atomic mass is 9.92. The molecule has 1 N–H and O–H groups in total. The number of hydrogen-bond acceptors (Lipinski definition) is 5. The Balaban J connectivity index is 2.55. The number of ether oxygens (including phenoxy) is 2. The van der Waals surface area contributed by atoms with E-state index in [0.717, 1.165) is 53.0 Å². The minimum Gasteiger partial charge on any atom is -0.497 e. The predicted octanol–water partition coefficient (Wildman–Crippen LogP) is 6.33. The van der Waals surface area contributed by atoms with Gasteiger partial charge in [0.15, 0.2) is 5.78 Å². The number of ketones is 2. The smallest absolute Gasteiger partial charge is 0.159 e. The Kier molecular flexibility index (Phi) is 12.3. The number of methoxy groups -OCH3 is 2. The Morgan fingerprint density at radius 3 is 2.35 bits per heavy atom. The molecule has 5 heteroatoms. The maximum atomic E-state index is 12.5. The minimum atomic E-state index is -0.805. The highest BCUT2D eigenvalue weighted by atomic mass is 16.5. The summed E-state index contributed by atoms with van der Waals surface area (Å²) in [6, 6.07) is 3.92. The van der Waals surface area contributed by atoms with E-state index >= 15 is 0 Å². The van der Waals surface area contributed by atoms with Gasteiger partial charge in [0.25, 0.3) is 0 Å². The summed E-state index contributed by atoms with van der Waals surface area (Å²) in [5.74, 6) is 1.91. The quantitative estimate of drug-likeness (QED) is 0.238. The number of carbonyl (C=O) groups excluding carboxylic acids is 2. The van der Waals surface area contributed by atoms with Crippen LogP contribution in [-0.4, -0.2) is 36.5 Å². The van der Waals surface area contributed by atoms with Crippen LogP contribution in [0.25, 0.3) is 0 Å². The highest BCUT2D eigenvalue weighted by Crippen LogP contribution is 2.29. The van der Waals surface area contributed by atoms with Crippen molar-refractivity contribution in [3.63, 3.8) is 0 Å². The van der Waals surface area contributed by atoms with Crippen molar-refractivity contribution in [3.05, 3.63) is 46.6 Å². The zero-order chi connectivity index (χ0) is 25.9. The molecule has 1 aromatic carbocycles. The average Bonchev–Trinajstić information content (AvgIpc) is 2.74. The van der Waals surface area contributed by atoms with Gasteiger partial charge in [0.2, 0.25) is 0 Å². The van der Waals surface area contributed by atoms with Crippen molar-refractivity contribution in [3.8, 4) is 11.5 Å². The van der Waals surface area contributed by atoms with Gasteiger partial charge in [0.05, 0.1) is 19.8 Å². The third-order valence-corrected chi connectivity index (χ3v) is 6.04. The van der Waals surface area contributed by atoms with Crippen LogP contribution in [0.5, 0.6) is 11.5 Å². The number of benzene rings is 1. The number of allylic oxidation sites excluding steroid dienone is 4. The second-order valence-electron chi connectivity index (χ2n) is 10.1. The molecule has 1 aromatic rings. The van der Waals surface area contributed by atoms with Gasteiger partial charge in [-0.15, -0.1) is 0 Å². The number of Topliss-reactive ketones (excluding diaryl/α,β-unsaturated/α-hetero) is 1. The maximum Gasteiger partial charge on any atom is 0.159 e. The first-order valence-electron chi connectivity index (χ1n) is 12.2. The largest absolute Gasteiger partial charge is 0.497 e. The van der Waals surface area contributed by atoms with Crippen molar-refractivity contribution in [1.82, 2.24) is 0 Å². The molecule has 0 radical (unpaired) electrons. The molecule has 0 fully saturated rings. The summed E-state index contributed by atoms with van der Waals surface area (Å²) >= 11 is 0. The van der Waals surface area contributed by atoms with Gasteiger partial charge >= 0.3 is 0 Å². The summed E-state index contributed by atoms with van der Waals surface area (Å²) in [4.78, 5) is 24.7. The van der Waals surface area contributed by atoms with Crippen molar-refractivity contribution >= 4 is 11.6 Å². The van der Waals surface area contributed by atoms with E-state index in [9.17, 15) is 14.7 Å². The van der Waals surface area contributed by atoms with Crippen LogP contribution < -0.4 is 9.47 Å². The molecule has 0 amide bonds. The number of rotatable bonds is 15. The predicted molar refractivity (Wildman–Crippen MR) is 139 cm³/mol. The summed E-state index contributed by atoms with van der Waals surface area (Å²) in [7, 11) is 3.31. The van der Waals surface area contributed by atoms with Crippen LogP contribution in [0.15, 0.2) is 35.4 Å². The van der Waals surface area contributed by atoms with E-state index in [1.54, 1.807) is 34.1 Å². The first-order chi connectivity index (χ1) is 15.9. The van der Waals surface area contributed by atoms with E-state index in [1.165, 1.54) is 0 Å². The summed E-state index contributed by atoms with van der Waals surface area (Å²) in [5, 5.41) is 9.78. The zero-order valence-electron chi connectivity index (χ0n) is 22.4. The lowest BCUT2D eigenvalue weighted by molar-refractivity contribution is -0.123. The van der Waals surface area contributed by atoms with E-state index in [-0.39, 0.29) is 17.5 Å². The molecule has 0 heterocycles. The van der Waals surface area contributed by atoms with Crippen molar-refractivity contribution in [2.24, 2.45) is 5.92 Å². The summed E-state index contributed by atoms with van der Waals surface area (Å²) in [6.07, 6.45) is 8.22. The molecule has 0 saturated carbocycles. The summed E-state index contributed by atoms with van der Waals surface area (Å²) in [5.41, 5.74) is 3.30. The van der Waals surface area contributed by atoms with Crippen LogP contribution in [0.2, 0.25) is 0 Å². The Morgan fingerprint density at radius 2 is 1.76 bits per heavy atom. The van der Waals surface area contributed by atoms with Gasteiger partial charge in [-0.25, -0.2) is 0 Å². The fraction of sp³-hybridized carbons (Fsp3) is 0.586. The average molecular weight is 473 g/mol. The third-order valence-electron chi connectivity index (χ3n) is 6.04. The van der Waals surface area contributed by atoms with Crippen molar-refractivity contribution in [2.75, 3.05) is 14.2 Å². The molecule has 0 spiro atoms. The van der Waals surface area contributed by atoms with Gasteiger partial charge in [-0.2, -0.15) is 0 Å². The van der Waals surface area contributed by atoms with Crippen LogP contribution >= 0.6 is 0 Å². The topological polar surface area (TPSA) is 72.8 Å². The van der Waals surface area contributed by atoms with Crippen LogP contribution in [0.3, 0.4) is 0 Å². The van der Waals surface area contributed by atoms with Gasteiger partial charge in [0.1, 0.15) is 17.3 Å². The molecule has 34 heavy (non-hydrogen) atoms. The Bertz CT molecular complexity index is 887. The minimum absolute atomic E-state index is 0.0201. The number of aliphatic hydroxyl groups is 1. The van der Waals surface area contributed by atoms with Crippen molar-refractivity contribution in [1.29, 1.82) is 0 Å². The molecular weight excluding hydrogens is 428 g/mol. The Labute approximate surface area is 206 Å². The Morgan fingerprint density at radius 1 is 1.09 bits per heavy atom. The summed E-state index contributed by atoms with van der Waals surface area (Å²) < 4.78 is 10.9. The highest BCUT2D eigenvalue weighted by molar-refractivity contribution is 5.91. The third kappa shape index (κ3) is 11.1. The number of carbonyl (C=O) groups is 2. The standard InChI is InChI=1S/C29H44O5/c1-20(10-9-11-22(3)27(31)14-15-29(5,6)32)16-25(30)17-21(2)12-13-24-19-26(33-7)18-23(4)28(24)34-8/h12,16,18-19,22,32H,9-11,13-15,17H2,1-8H3/b20-16-,21-12+. The number of hydrogen-bond donors (Lipinski definition) is 1. The lowest BCUT2D eigenvalue weighted by Gasteiger charge is -2.17. The SMILES string of the molecule is COc1cc(C)c(OC)c(C/C=C(\C)CC(=O)/C=C(/C)CCCC(C)C(=O)CCC(C)(C)O)c1. The van der Waals surface area contributed by atoms with Gasteiger partial charge in [-0.05, 0) is 90.5 Å². The molecule has 0 aromatic heterocycles. The van der Waals surface area contributed by atoms with E-state index in [0.29, 0.717) is 25.7 Å². The molecule has 0 aliphatic heterocycles. The van der Waals surface area contributed by atoms with Crippen LogP contribution in [0.4, 0.5) is 0 Å². The molecule has 0 saturated heterocycles. The molecule has 5 nitrogen and oxygen atoms in total. The van der Waals surface area contributed by atoms with Crippen molar-refractivity contribution < 1.29 is 24.2 Å². The first kappa shape index (κ1) is 29.6. The monoisotopic (exact) mass is 472 g/mol. The van der Waals surface area contributed by atoms with E-state index in [2.05, 4.69) is 6.08 Å². The highest BCUT2D eigenvalue weighted by Gasteiger charge is 2.18. The lowest BCUT2D eigenvalue weighted by Crippen LogP contribution is -2.22. The second kappa shape index (κ2) is 14.1. The number of aryl methyl sites for hydroxylation is 1. The molecule has 0 aliphatic rings. The molecule has 1 rings (SSSR count). The van der Waals surface area contributed by atoms with Gasteiger partial charge in [-0.1, -0.05) is 24.1 Å². The molecule has 1 unspecified atom stereocenters. The fourth-order valence-corrected chi connectivity index (χ4v) is 3.93. The molecule has 1 atom stereocenters. The van der Waals surface area contributed by atoms with E-state index < -0.39 is 5.60 Å². The molecule has 0 bridgehead atoms. The van der Waals surface area contributed by atoms with E-state index in [1.807, 2.05) is 39.8 Å². The normalized spacial score (nSPS) is 13.6. The first-order valence-corrected chi connectivity index (χ1v) is 12.2. The zero-order valence-corrected chi connectivity index (χ0v) is 22.4. The van der Waals surface area contributed by atoms with Gasteiger partial charge in [-0.3, -0.25) is 9.59 Å². The van der Waals surface area contributed by atoms with Gasteiger partial charge in [0, 0.05) is 24.3 Å². The molecule has 190 valence electrons. The second-order valence-corrected chi connectivity index (χ2v) is 10.1. The fourth-order valence-electron chi connectivity index (χ4n) is 3.93. The maximum absolute atomic E-state index is 12.5. The molecular formula is C29H44O5. The van der Waals surface area contributed by atoms with Crippen LogP contribution in [-0.2, 0) is 16.0 Å². The van der Waals surface area contributed by atoms with Crippen LogP contribution in [0.1, 0.15) is 84.3 Å².